The Bertz CT molecular complexity index is 284. The second-order valence-corrected chi connectivity index (χ2v) is 3.56. The lowest BCUT2D eigenvalue weighted by Crippen LogP contribution is -2.37. The SMILES string of the molecule is C/C1=C2/NCCN/C2=C/C=C\CC1. The van der Waals surface area contributed by atoms with Crippen molar-refractivity contribution in [2.45, 2.75) is 19.8 Å². The molecular weight excluding hydrogens is 160 g/mol. The van der Waals surface area contributed by atoms with Gasteiger partial charge in [0.15, 0.2) is 0 Å². The van der Waals surface area contributed by atoms with Gasteiger partial charge in [0.05, 0.1) is 11.4 Å². The molecule has 13 heavy (non-hydrogen) atoms. The van der Waals surface area contributed by atoms with Gasteiger partial charge in [0.1, 0.15) is 0 Å². The number of hydrogen-bond donors (Lipinski definition) is 2. The monoisotopic (exact) mass is 176 g/mol. The summed E-state index contributed by atoms with van der Waals surface area (Å²) in [5.41, 5.74) is 4.03. The lowest BCUT2D eigenvalue weighted by Gasteiger charge is -2.25. The molecule has 0 saturated carbocycles. The van der Waals surface area contributed by atoms with E-state index in [1.807, 2.05) is 0 Å². The topological polar surface area (TPSA) is 24.1 Å². The minimum atomic E-state index is 1.02. The largest absolute Gasteiger partial charge is 0.382 e. The van der Waals surface area contributed by atoms with Crippen LogP contribution in [0.25, 0.3) is 0 Å². The Morgan fingerprint density at radius 3 is 3.00 bits per heavy atom. The van der Waals surface area contributed by atoms with Crippen LogP contribution < -0.4 is 10.6 Å². The number of piperazine rings is 1. The van der Waals surface area contributed by atoms with Crippen LogP contribution in [-0.2, 0) is 0 Å². The number of rotatable bonds is 0. The first-order valence-corrected chi connectivity index (χ1v) is 4.92. The van der Waals surface area contributed by atoms with Crippen LogP contribution in [0.2, 0.25) is 0 Å². The molecule has 2 nitrogen and oxygen atoms in total. The molecule has 2 aliphatic rings. The predicted octanol–water partition coefficient (Wildman–Crippen LogP) is 1.69. The van der Waals surface area contributed by atoms with Gasteiger partial charge in [0, 0.05) is 13.1 Å². The van der Waals surface area contributed by atoms with Gasteiger partial charge in [0.25, 0.3) is 0 Å². The summed E-state index contributed by atoms with van der Waals surface area (Å²) in [6, 6.07) is 0. The standard InChI is InChI=1S/C11H16N2/c1-9-5-3-2-4-6-10-11(9)13-8-7-12-10/h2,4,6,12-13H,3,5,7-8H2,1H3/b4-2-,10-6+,11-9-. The summed E-state index contributed by atoms with van der Waals surface area (Å²) in [5, 5.41) is 6.86. The molecule has 0 aromatic carbocycles. The molecule has 2 rings (SSSR count). The fourth-order valence-corrected chi connectivity index (χ4v) is 1.78. The third-order valence-electron chi connectivity index (χ3n) is 2.52. The van der Waals surface area contributed by atoms with Gasteiger partial charge in [-0.25, -0.2) is 0 Å². The van der Waals surface area contributed by atoms with Crippen LogP contribution >= 0.6 is 0 Å². The molecule has 1 aliphatic heterocycles. The average molecular weight is 176 g/mol. The summed E-state index contributed by atoms with van der Waals surface area (Å²) in [7, 11) is 0. The first kappa shape index (κ1) is 8.42. The predicted molar refractivity (Wildman–Crippen MR) is 55.2 cm³/mol. The molecule has 70 valence electrons. The molecule has 1 fully saturated rings. The third-order valence-corrected chi connectivity index (χ3v) is 2.52. The van der Waals surface area contributed by atoms with E-state index in [1.54, 1.807) is 0 Å². The van der Waals surface area contributed by atoms with Gasteiger partial charge in [0.2, 0.25) is 0 Å². The zero-order valence-electron chi connectivity index (χ0n) is 8.06. The summed E-state index contributed by atoms with van der Waals surface area (Å²) in [5.74, 6) is 0. The lowest BCUT2D eigenvalue weighted by atomic mass is 10.0. The van der Waals surface area contributed by atoms with Crippen LogP contribution in [0.15, 0.2) is 35.2 Å². The molecule has 2 N–H and O–H groups in total. The van der Waals surface area contributed by atoms with Crippen molar-refractivity contribution in [2.75, 3.05) is 13.1 Å². The molecule has 0 atom stereocenters. The van der Waals surface area contributed by atoms with E-state index >= 15 is 0 Å². The van der Waals surface area contributed by atoms with Crippen LogP contribution in [0.3, 0.4) is 0 Å². The Balaban J connectivity index is 2.33. The molecule has 0 spiro atoms. The summed E-state index contributed by atoms with van der Waals surface area (Å²) in [4.78, 5) is 0. The molecule has 0 radical (unpaired) electrons. The van der Waals surface area contributed by atoms with Gasteiger partial charge in [-0.2, -0.15) is 0 Å². The van der Waals surface area contributed by atoms with E-state index < -0.39 is 0 Å². The number of allylic oxidation sites excluding steroid dienone is 4. The van der Waals surface area contributed by atoms with Crippen molar-refractivity contribution >= 4 is 0 Å². The van der Waals surface area contributed by atoms with Crippen molar-refractivity contribution in [2.24, 2.45) is 0 Å². The fourth-order valence-electron chi connectivity index (χ4n) is 1.78. The smallest absolute Gasteiger partial charge is 0.0575 e. The molecule has 0 amide bonds. The Labute approximate surface area is 79.4 Å². The maximum Gasteiger partial charge on any atom is 0.0575 e. The van der Waals surface area contributed by atoms with Crippen molar-refractivity contribution in [3.8, 4) is 0 Å². The van der Waals surface area contributed by atoms with E-state index in [2.05, 4.69) is 35.8 Å². The minimum absolute atomic E-state index is 1.02. The summed E-state index contributed by atoms with van der Waals surface area (Å²) in [6.07, 6.45) is 8.84. The maximum atomic E-state index is 3.45. The fraction of sp³-hybridized carbons (Fsp3) is 0.455. The molecule has 0 aromatic rings. The maximum absolute atomic E-state index is 3.45. The Kier molecular flexibility index (Phi) is 2.39. The second kappa shape index (κ2) is 3.69. The quantitative estimate of drug-likeness (QED) is 0.587. The van der Waals surface area contributed by atoms with E-state index in [4.69, 9.17) is 0 Å². The van der Waals surface area contributed by atoms with Crippen molar-refractivity contribution in [1.82, 2.24) is 10.6 Å². The lowest BCUT2D eigenvalue weighted by molar-refractivity contribution is 0.645. The molecular formula is C11H16N2. The van der Waals surface area contributed by atoms with Gasteiger partial charge >= 0.3 is 0 Å². The van der Waals surface area contributed by atoms with E-state index in [9.17, 15) is 0 Å². The number of fused-ring (bicyclic) bond motifs is 1. The Morgan fingerprint density at radius 2 is 2.08 bits per heavy atom. The highest BCUT2D eigenvalue weighted by Gasteiger charge is 2.12. The first-order chi connectivity index (χ1) is 6.38. The van der Waals surface area contributed by atoms with Gasteiger partial charge in [-0.1, -0.05) is 12.2 Å². The Morgan fingerprint density at radius 1 is 1.23 bits per heavy atom. The zero-order valence-corrected chi connectivity index (χ0v) is 8.06. The van der Waals surface area contributed by atoms with Crippen molar-refractivity contribution in [1.29, 1.82) is 0 Å². The number of nitrogens with one attached hydrogen (secondary N) is 2. The highest BCUT2D eigenvalue weighted by molar-refractivity contribution is 5.37. The summed E-state index contributed by atoms with van der Waals surface area (Å²) < 4.78 is 0. The van der Waals surface area contributed by atoms with Crippen LogP contribution in [0.5, 0.6) is 0 Å². The van der Waals surface area contributed by atoms with Crippen LogP contribution in [0.1, 0.15) is 19.8 Å². The first-order valence-electron chi connectivity index (χ1n) is 4.92. The molecule has 0 aromatic heterocycles. The van der Waals surface area contributed by atoms with Gasteiger partial charge < -0.3 is 10.6 Å². The molecule has 0 bridgehead atoms. The van der Waals surface area contributed by atoms with E-state index in [-0.39, 0.29) is 0 Å². The normalized spacial score (nSPS) is 34.1. The van der Waals surface area contributed by atoms with E-state index in [0.29, 0.717) is 0 Å². The molecule has 1 heterocycles. The molecule has 1 aliphatic carbocycles. The van der Waals surface area contributed by atoms with Crippen LogP contribution in [0.4, 0.5) is 0 Å². The molecule has 2 heteroatoms. The second-order valence-electron chi connectivity index (χ2n) is 3.56. The Hall–Kier alpha value is -1.18. The minimum Gasteiger partial charge on any atom is -0.382 e. The molecule has 0 unspecified atom stereocenters. The van der Waals surface area contributed by atoms with Gasteiger partial charge in [-0.3, -0.25) is 0 Å². The van der Waals surface area contributed by atoms with Crippen molar-refractivity contribution < 1.29 is 0 Å². The summed E-state index contributed by atoms with van der Waals surface area (Å²) >= 11 is 0. The highest BCUT2D eigenvalue weighted by atomic mass is 15.0. The van der Waals surface area contributed by atoms with Crippen molar-refractivity contribution in [3.63, 3.8) is 0 Å². The van der Waals surface area contributed by atoms with Crippen LogP contribution in [-0.4, -0.2) is 13.1 Å². The summed E-state index contributed by atoms with van der Waals surface area (Å²) in [6.45, 7) is 4.27. The van der Waals surface area contributed by atoms with Crippen LogP contribution in [0, 0.1) is 0 Å². The average Bonchev–Trinajstić information content (AvgIpc) is 2.14. The van der Waals surface area contributed by atoms with Crippen molar-refractivity contribution in [3.05, 3.63) is 35.2 Å². The molecule has 1 saturated heterocycles. The van der Waals surface area contributed by atoms with E-state index in [1.165, 1.54) is 17.0 Å². The third kappa shape index (κ3) is 1.77. The van der Waals surface area contributed by atoms with Gasteiger partial charge in [-0.15, -0.1) is 0 Å². The zero-order chi connectivity index (χ0) is 9.10. The van der Waals surface area contributed by atoms with E-state index in [0.717, 1.165) is 25.9 Å². The van der Waals surface area contributed by atoms with Gasteiger partial charge in [-0.05, 0) is 31.4 Å². The highest BCUT2D eigenvalue weighted by Crippen LogP contribution is 2.18. The number of hydrogen-bond acceptors (Lipinski definition) is 2.